The van der Waals surface area contributed by atoms with Gasteiger partial charge in [-0.05, 0) is 42.0 Å². The van der Waals surface area contributed by atoms with E-state index in [2.05, 4.69) is 5.32 Å². The maximum absolute atomic E-state index is 12.4. The summed E-state index contributed by atoms with van der Waals surface area (Å²) in [5.74, 6) is -0.357. The van der Waals surface area contributed by atoms with Gasteiger partial charge in [-0.3, -0.25) is 4.79 Å². The predicted octanol–water partition coefficient (Wildman–Crippen LogP) is 3.46. The highest BCUT2D eigenvalue weighted by Gasteiger charge is 2.22. The van der Waals surface area contributed by atoms with Gasteiger partial charge >= 0.3 is 5.97 Å². The summed E-state index contributed by atoms with van der Waals surface area (Å²) >= 11 is 0. The van der Waals surface area contributed by atoms with Gasteiger partial charge in [0.25, 0.3) is 5.91 Å². The van der Waals surface area contributed by atoms with Crippen LogP contribution in [0.15, 0.2) is 54.6 Å². The Kier molecular flexibility index (Phi) is 4.49. The Labute approximate surface area is 160 Å². The summed E-state index contributed by atoms with van der Waals surface area (Å²) in [5.41, 5.74) is 0.493. The molecule has 3 aromatic carbocycles. The minimum absolute atomic E-state index is 0.00132. The molecule has 0 spiro atoms. The van der Waals surface area contributed by atoms with Crippen LogP contribution in [0.25, 0.3) is 10.8 Å². The van der Waals surface area contributed by atoms with Gasteiger partial charge in [0, 0.05) is 11.8 Å². The van der Waals surface area contributed by atoms with E-state index in [9.17, 15) is 14.7 Å². The minimum atomic E-state index is -1.07. The van der Waals surface area contributed by atoms with Crippen molar-refractivity contribution in [2.75, 3.05) is 12.1 Å². The zero-order chi connectivity index (χ0) is 19.7. The molecule has 0 saturated carbocycles. The summed E-state index contributed by atoms with van der Waals surface area (Å²) in [7, 11) is 0. The van der Waals surface area contributed by atoms with Crippen molar-refractivity contribution in [2.24, 2.45) is 0 Å². The summed E-state index contributed by atoms with van der Waals surface area (Å²) in [4.78, 5) is 24.8. The first-order valence-electron chi connectivity index (χ1n) is 8.64. The molecule has 0 aliphatic carbocycles. The molecular formula is C21H17NO6. The maximum Gasteiger partial charge on any atom is 0.342 e. The van der Waals surface area contributed by atoms with E-state index in [4.69, 9.17) is 14.2 Å². The second kappa shape index (κ2) is 7.11. The number of anilines is 1. The standard InChI is InChI=1S/C21H17NO6/c1-12(20(24)22-15-6-7-18-19(10-15)27-11-26-18)28-21(25)16-8-13-4-2-3-5-14(13)9-17(16)23/h2-10,12,23H,11H2,1H3,(H,22,24)/t12-/m1/s1. The number of carbonyl (C=O) groups excluding carboxylic acids is 2. The van der Waals surface area contributed by atoms with Crippen molar-refractivity contribution in [3.05, 3.63) is 60.2 Å². The first-order chi connectivity index (χ1) is 13.5. The van der Waals surface area contributed by atoms with E-state index in [0.717, 1.165) is 10.8 Å². The average Bonchev–Trinajstić information content (AvgIpc) is 3.15. The number of phenolic OH excluding ortho intramolecular Hbond substituents is 1. The Balaban J connectivity index is 1.45. The van der Waals surface area contributed by atoms with Crippen LogP contribution in [0.1, 0.15) is 17.3 Å². The highest BCUT2D eigenvalue weighted by atomic mass is 16.7. The Morgan fingerprint density at radius 2 is 1.75 bits per heavy atom. The lowest BCUT2D eigenvalue weighted by Crippen LogP contribution is -2.30. The van der Waals surface area contributed by atoms with Gasteiger partial charge < -0.3 is 24.6 Å². The lowest BCUT2D eigenvalue weighted by molar-refractivity contribution is -0.123. The third kappa shape index (κ3) is 3.42. The third-order valence-electron chi connectivity index (χ3n) is 4.38. The summed E-state index contributed by atoms with van der Waals surface area (Å²) in [6.45, 7) is 1.59. The monoisotopic (exact) mass is 379 g/mol. The Morgan fingerprint density at radius 1 is 1.04 bits per heavy atom. The third-order valence-corrected chi connectivity index (χ3v) is 4.38. The molecule has 0 fully saturated rings. The number of hydrogen-bond acceptors (Lipinski definition) is 6. The van der Waals surface area contributed by atoms with Gasteiger partial charge in [0.05, 0.1) is 0 Å². The maximum atomic E-state index is 12.4. The van der Waals surface area contributed by atoms with E-state index in [1.165, 1.54) is 19.1 Å². The fourth-order valence-corrected chi connectivity index (χ4v) is 2.89. The van der Waals surface area contributed by atoms with E-state index in [-0.39, 0.29) is 18.1 Å². The first kappa shape index (κ1) is 17.7. The quantitative estimate of drug-likeness (QED) is 0.674. The van der Waals surface area contributed by atoms with Gasteiger partial charge in [0.2, 0.25) is 6.79 Å². The van der Waals surface area contributed by atoms with Crippen molar-refractivity contribution in [1.82, 2.24) is 0 Å². The number of hydrogen-bond donors (Lipinski definition) is 2. The molecule has 0 aromatic heterocycles. The molecule has 142 valence electrons. The zero-order valence-electron chi connectivity index (χ0n) is 15.0. The van der Waals surface area contributed by atoms with Crippen LogP contribution in [0.4, 0.5) is 5.69 Å². The normalized spacial score (nSPS) is 13.2. The Bertz CT molecular complexity index is 1080. The minimum Gasteiger partial charge on any atom is -0.507 e. The number of fused-ring (bicyclic) bond motifs is 2. The number of phenols is 1. The van der Waals surface area contributed by atoms with Crippen LogP contribution < -0.4 is 14.8 Å². The average molecular weight is 379 g/mol. The second-order valence-corrected chi connectivity index (χ2v) is 6.32. The molecule has 0 bridgehead atoms. The smallest absolute Gasteiger partial charge is 0.342 e. The molecule has 1 aliphatic rings. The van der Waals surface area contributed by atoms with Crippen molar-refractivity contribution in [2.45, 2.75) is 13.0 Å². The molecule has 1 amide bonds. The largest absolute Gasteiger partial charge is 0.507 e. The van der Waals surface area contributed by atoms with E-state index in [1.807, 2.05) is 24.3 Å². The highest BCUT2D eigenvalue weighted by Crippen LogP contribution is 2.34. The van der Waals surface area contributed by atoms with Crippen LogP contribution >= 0.6 is 0 Å². The lowest BCUT2D eigenvalue weighted by atomic mass is 10.1. The van der Waals surface area contributed by atoms with Gasteiger partial charge in [-0.2, -0.15) is 0 Å². The van der Waals surface area contributed by atoms with Crippen molar-refractivity contribution >= 4 is 28.3 Å². The molecule has 0 unspecified atom stereocenters. The van der Waals surface area contributed by atoms with E-state index < -0.39 is 18.0 Å². The van der Waals surface area contributed by atoms with Crippen molar-refractivity contribution in [3.8, 4) is 17.2 Å². The SMILES string of the molecule is C[C@@H](OC(=O)c1cc2ccccc2cc1O)C(=O)Nc1ccc2c(c1)OCO2. The second-order valence-electron chi connectivity index (χ2n) is 6.32. The number of rotatable bonds is 4. The van der Waals surface area contributed by atoms with Crippen molar-refractivity contribution in [1.29, 1.82) is 0 Å². The van der Waals surface area contributed by atoms with E-state index in [0.29, 0.717) is 17.2 Å². The molecule has 28 heavy (non-hydrogen) atoms. The summed E-state index contributed by atoms with van der Waals surface area (Å²) in [6, 6.07) is 15.3. The van der Waals surface area contributed by atoms with Crippen LogP contribution in [-0.4, -0.2) is 29.9 Å². The van der Waals surface area contributed by atoms with Crippen LogP contribution in [0.5, 0.6) is 17.2 Å². The number of benzene rings is 3. The van der Waals surface area contributed by atoms with Gasteiger partial charge in [0.15, 0.2) is 17.6 Å². The van der Waals surface area contributed by atoms with Crippen molar-refractivity contribution in [3.63, 3.8) is 0 Å². The topological polar surface area (TPSA) is 94.1 Å². The van der Waals surface area contributed by atoms with Crippen molar-refractivity contribution < 1.29 is 28.9 Å². The number of aromatic hydroxyl groups is 1. The number of ether oxygens (including phenoxy) is 3. The molecule has 4 rings (SSSR count). The molecule has 0 saturated heterocycles. The van der Waals surface area contributed by atoms with Crippen LogP contribution in [-0.2, 0) is 9.53 Å². The van der Waals surface area contributed by atoms with Crippen LogP contribution in [0, 0.1) is 0 Å². The predicted molar refractivity (Wildman–Crippen MR) is 102 cm³/mol. The molecule has 7 nitrogen and oxygen atoms in total. The van der Waals surface area contributed by atoms with Crippen LogP contribution in [0.2, 0.25) is 0 Å². The van der Waals surface area contributed by atoms with Gasteiger partial charge in [-0.1, -0.05) is 24.3 Å². The molecule has 0 radical (unpaired) electrons. The summed E-state index contributed by atoms with van der Waals surface area (Å²) in [6.07, 6.45) is -1.07. The molecule has 1 heterocycles. The van der Waals surface area contributed by atoms with Crippen LogP contribution in [0.3, 0.4) is 0 Å². The van der Waals surface area contributed by atoms with Gasteiger partial charge in [-0.15, -0.1) is 0 Å². The van der Waals surface area contributed by atoms with E-state index in [1.54, 1.807) is 18.2 Å². The number of amides is 1. The Morgan fingerprint density at radius 3 is 2.54 bits per heavy atom. The molecule has 3 aromatic rings. The number of esters is 1. The summed E-state index contributed by atoms with van der Waals surface area (Å²) in [5, 5.41) is 14.4. The molecule has 1 aliphatic heterocycles. The molecular weight excluding hydrogens is 362 g/mol. The molecule has 7 heteroatoms. The fraction of sp³-hybridized carbons (Fsp3) is 0.143. The highest BCUT2D eigenvalue weighted by molar-refractivity contribution is 6.01. The zero-order valence-corrected chi connectivity index (χ0v) is 15.0. The van der Waals surface area contributed by atoms with E-state index >= 15 is 0 Å². The fourth-order valence-electron chi connectivity index (χ4n) is 2.89. The number of nitrogens with one attached hydrogen (secondary N) is 1. The number of carbonyl (C=O) groups is 2. The Hall–Kier alpha value is -3.74. The van der Waals surface area contributed by atoms with Gasteiger partial charge in [0.1, 0.15) is 11.3 Å². The van der Waals surface area contributed by atoms with Gasteiger partial charge in [-0.25, -0.2) is 4.79 Å². The molecule has 1 atom stereocenters. The summed E-state index contributed by atoms with van der Waals surface area (Å²) < 4.78 is 15.7. The molecule has 2 N–H and O–H groups in total. The first-order valence-corrected chi connectivity index (χ1v) is 8.64. The lowest BCUT2D eigenvalue weighted by Gasteiger charge is -2.14.